The topological polar surface area (TPSA) is 151 Å². The maximum absolute atomic E-state index is 12.6. The molecular formula is C16H30N4O5S2. The van der Waals surface area contributed by atoms with Gasteiger partial charge in [0.1, 0.15) is 18.1 Å². The molecule has 0 aliphatic rings. The smallest absolute Gasteiger partial charge is 0.325 e. The number of carbonyl (C=O) groups is 4. The molecule has 0 aromatic carbocycles. The summed E-state index contributed by atoms with van der Waals surface area (Å²) in [5.41, 5.74) is 5.63. The van der Waals surface area contributed by atoms with Gasteiger partial charge in [-0.25, -0.2) is 0 Å². The number of aliphatic carboxylic acids is 1. The van der Waals surface area contributed by atoms with E-state index in [-0.39, 0.29) is 11.7 Å². The Morgan fingerprint density at radius 2 is 1.63 bits per heavy atom. The monoisotopic (exact) mass is 422 g/mol. The molecule has 0 aromatic heterocycles. The van der Waals surface area contributed by atoms with Crippen LogP contribution in [-0.2, 0) is 19.2 Å². The van der Waals surface area contributed by atoms with Gasteiger partial charge in [-0.05, 0) is 31.3 Å². The molecule has 0 saturated heterocycles. The third kappa shape index (κ3) is 9.34. The molecule has 0 bridgehead atoms. The van der Waals surface area contributed by atoms with Crippen molar-refractivity contribution >= 4 is 48.1 Å². The SMILES string of the molecule is CSCCC(NC(=O)C(N)CS)C(=O)NC(C(=O)NC(C)C(=O)O)C(C)C. The van der Waals surface area contributed by atoms with Crippen LogP contribution in [0.2, 0.25) is 0 Å². The summed E-state index contributed by atoms with van der Waals surface area (Å²) in [6, 6.07) is -3.73. The fourth-order valence-electron chi connectivity index (χ4n) is 2.02. The van der Waals surface area contributed by atoms with Gasteiger partial charge in [0.25, 0.3) is 0 Å². The Labute approximate surface area is 169 Å². The number of thiol groups is 1. The zero-order valence-corrected chi connectivity index (χ0v) is 17.7. The molecule has 0 aliphatic carbocycles. The maximum atomic E-state index is 12.6. The van der Waals surface area contributed by atoms with E-state index in [1.54, 1.807) is 13.8 Å². The first kappa shape index (κ1) is 25.5. The van der Waals surface area contributed by atoms with E-state index in [9.17, 15) is 19.2 Å². The number of carbonyl (C=O) groups excluding carboxylic acids is 3. The van der Waals surface area contributed by atoms with Crippen LogP contribution in [0.3, 0.4) is 0 Å². The van der Waals surface area contributed by atoms with E-state index in [0.29, 0.717) is 12.2 Å². The Kier molecular flexibility index (Phi) is 12.1. The summed E-state index contributed by atoms with van der Waals surface area (Å²) in [6.45, 7) is 4.78. The number of thioether (sulfide) groups is 1. The normalized spacial score (nSPS) is 15.4. The van der Waals surface area contributed by atoms with Crippen LogP contribution in [0, 0.1) is 5.92 Å². The van der Waals surface area contributed by atoms with Gasteiger partial charge in [0.2, 0.25) is 17.7 Å². The van der Waals surface area contributed by atoms with Crippen molar-refractivity contribution in [3.8, 4) is 0 Å². The van der Waals surface area contributed by atoms with E-state index in [1.807, 2.05) is 6.26 Å². The molecule has 0 aliphatic heterocycles. The molecule has 6 N–H and O–H groups in total. The Morgan fingerprint density at radius 3 is 2.07 bits per heavy atom. The minimum Gasteiger partial charge on any atom is -0.480 e. The summed E-state index contributed by atoms with van der Waals surface area (Å²) in [5.74, 6) is -2.35. The molecule has 0 saturated carbocycles. The summed E-state index contributed by atoms with van der Waals surface area (Å²) in [4.78, 5) is 47.9. The first-order valence-corrected chi connectivity index (χ1v) is 10.6. The van der Waals surface area contributed by atoms with Crippen molar-refractivity contribution < 1.29 is 24.3 Å². The third-order valence-electron chi connectivity index (χ3n) is 3.75. The first-order chi connectivity index (χ1) is 12.5. The minimum atomic E-state index is -1.18. The summed E-state index contributed by atoms with van der Waals surface area (Å²) in [5, 5.41) is 16.4. The number of hydrogen-bond acceptors (Lipinski definition) is 7. The van der Waals surface area contributed by atoms with Gasteiger partial charge in [0, 0.05) is 5.75 Å². The van der Waals surface area contributed by atoms with Crippen molar-refractivity contribution in [2.75, 3.05) is 17.8 Å². The highest BCUT2D eigenvalue weighted by atomic mass is 32.2. The van der Waals surface area contributed by atoms with E-state index in [0.717, 1.165) is 0 Å². The van der Waals surface area contributed by atoms with Crippen LogP contribution in [0.1, 0.15) is 27.2 Å². The average Bonchev–Trinajstić information content (AvgIpc) is 2.61. The summed E-state index contributed by atoms with van der Waals surface area (Å²) < 4.78 is 0. The predicted octanol–water partition coefficient (Wildman–Crippen LogP) is -0.788. The Bertz CT molecular complexity index is 533. The van der Waals surface area contributed by atoms with Crippen LogP contribution in [0.15, 0.2) is 0 Å². The lowest BCUT2D eigenvalue weighted by atomic mass is 10.0. The first-order valence-electron chi connectivity index (χ1n) is 8.54. The predicted molar refractivity (Wildman–Crippen MR) is 109 cm³/mol. The zero-order chi connectivity index (χ0) is 21.1. The quantitative estimate of drug-likeness (QED) is 0.226. The van der Waals surface area contributed by atoms with E-state index in [1.165, 1.54) is 18.7 Å². The molecule has 0 rings (SSSR count). The van der Waals surface area contributed by atoms with Crippen LogP contribution in [0.25, 0.3) is 0 Å². The van der Waals surface area contributed by atoms with Crippen molar-refractivity contribution in [1.82, 2.24) is 16.0 Å². The van der Waals surface area contributed by atoms with Crippen molar-refractivity contribution in [2.24, 2.45) is 11.7 Å². The maximum Gasteiger partial charge on any atom is 0.325 e. The molecule has 0 fully saturated rings. The largest absolute Gasteiger partial charge is 0.480 e. The number of nitrogens with two attached hydrogens (primary N) is 1. The molecule has 0 heterocycles. The van der Waals surface area contributed by atoms with Crippen LogP contribution in [0.5, 0.6) is 0 Å². The van der Waals surface area contributed by atoms with E-state index < -0.39 is 47.9 Å². The second-order valence-electron chi connectivity index (χ2n) is 6.43. The van der Waals surface area contributed by atoms with Crippen molar-refractivity contribution in [1.29, 1.82) is 0 Å². The van der Waals surface area contributed by atoms with Gasteiger partial charge in [0.05, 0.1) is 6.04 Å². The molecule has 0 spiro atoms. The number of carboxylic acids is 1. The number of carboxylic acid groups (broad SMARTS) is 1. The zero-order valence-electron chi connectivity index (χ0n) is 16.0. The van der Waals surface area contributed by atoms with Crippen LogP contribution in [0.4, 0.5) is 0 Å². The molecule has 3 amide bonds. The lowest BCUT2D eigenvalue weighted by Crippen LogP contribution is -2.58. The molecule has 11 heteroatoms. The van der Waals surface area contributed by atoms with Crippen LogP contribution < -0.4 is 21.7 Å². The summed E-state index contributed by atoms with van der Waals surface area (Å²) >= 11 is 5.48. The Balaban J connectivity index is 5.17. The van der Waals surface area contributed by atoms with E-state index in [4.69, 9.17) is 10.8 Å². The molecule has 27 heavy (non-hydrogen) atoms. The number of hydrogen-bond donors (Lipinski definition) is 6. The summed E-state index contributed by atoms with van der Waals surface area (Å²) in [7, 11) is 0. The Morgan fingerprint density at radius 1 is 1.04 bits per heavy atom. The number of amides is 3. The van der Waals surface area contributed by atoms with E-state index >= 15 is 0 Å². The molecule has 0 radical (unpaired) electrons. The molecule has 4 unspecified atom stereocenters. The molecule has 0 aromatic rings. The molecule has 4 atom stereocenters. The van der Waals surface area contributed by atoms with E-state index in [2.05, 4.69) is 28.6 Å². The fraction of sp³-hybridized carbons (Fsp3) is 0.750. The van der Waals surface area contributed by atoms with Crippen molar-refractivity contribution in [3.05, 3.63) is 0 Å². The Hall–Kier alpha value is -1.46. The van der Waals surface area contributed by atoms with Gasteiger partial charge in [-0.15, -0.1) is 0 Å². The van der Waals surface area contributed by atoms with Crippen molar-refractivity contribution in [3.63, 3.8) is 0 Å². The third-order valence-corrected chi connectivity index (χ3v) is 4.79. The van der Waals surface area contributed by atoms with Gasteiger partial charge in [-0.1, -0.05) is 13.8 Å². The second-order valence-corrected chi connectivity index (χ2v) is 7.78. The molecular weight excluding hydrogens is 392 g/mol. The lowest BCUT2D eigenvalue weighted by Gasteiger charge is -2.26. The number of rotatable bonds is 12. The average molecular weight is 423 g/mol. The van der Waals surface area contributed by atoms with Gasteiger partial charge >= 0.3 is 5.97 Å². The van der Waals surface area contributed by atoms with Gasteiger partial charge in [0.15, 0.2) is 0 Å². The lowest BCUT2D eigenvalue weighted by molar-refractivity contribution is -0.142. The minimum absolute atomic E-state index is 0.132. The van der Waals surface area contributed by atoms with Gasteiger partial charge in [-0.3, -0.25) is 19.2 Å². The van der Waals surface area contributed by atoms with Crippen LogP contribution in [-0.4, -0.2) is 70.7 Å². The number of nitrogens with one attached hydrogen (secondary N) is 3. The summed E-state index contributed by atoms with van der Waals surface area (Å²) in [6.07, 6.45) is 2.23. The highest BCUT2D eigenvalue weighted by Gasteiger charge is 2.30. The van der Waals surface area contributed by atoms with Gasteiger partial charge < -0.3 is 26.8 Å². The second kappa shape index (κ2) is 12.8. The fourth-order valence-corrected chi connectivity index (χ4v) is 2.66. The van der Waals surface area contributed by atoms with Gasteiger partial charge in [-0.2, -0.15) is 24.4 Å². The van der Waals surface area contributed by atoms with Crippen LogP contribution >= 0.6 is 24.4 Å². The van der Waals surface area contributed by atoms with Crippen molar-refractivity contribution in [2.45, 2.75) is 51.4 Å². The molecule has 9 nitrogen and oxygen atoms in total. The highest BCUT2D eigenvalue weighted by molar-refractivity contribution is 7.98. The standard InChI is InChI=1S/C16H30N4O5S2/c1-8(2)12(15(23)18-9(3)16(24)25)20-14(22)11(5-6-27-4)19-13(21)10(17)7-26/h8-12,26H,5-7,17H2,1-4H3,(H,18,23)(H,19,21)(H,20,22)(H,24,25). The highest BCUT2D eigenvalue weighted by Crippen LogP contribution is 2.06. The molecule has 156 valence electrons.